The number of H-pyrrole nitrogens is 1. The molecule has 0 atom stereocenters. The molecule has 0 aliphatic heterocycles. The topological polar surface area (TPSA) is 93.2 Å². The van der Waals surface area contributed by atoms with Crippen LogP contribution in [0.3, 0.4) is 0 Å². The third-order valence-electron chi connectivity index (χ3n) is 6.25. The van der Waals surface area contributed by atoms with Crippen LogP contribution < -0.4 is 21.3 Å². The monoisotopic (exact) mass is 447 g/mol. The van der Waals surface area contributed by atoms with Gasteiger partial charge in [-0.05, 0) is 49.7 Å². The maximum absolute atomic E-state index is 13.1. The summed E-state index contributed by atoms with van der Waals surface area (Å²) in [5.41, 5.74) is 0.849. The summed E-state index contributed by atoms with van der Waals surface area (Å²) in [5, 5.41) is 3.00. The van der Waals surface area contributed by atoms with Crippen molar-refractivity contribution in [3.63, 3.8) is 0 Å². The van der Waals surface area contributed by atoms with Gasteiger partial charge in [0.15, 0.2) is 5.69 Å². The predicted octanol–water partition coefficient (Wildman–Crippen LogP) is 3.59. The first kappa shape index (κ1) is 22.6. The molecule has 7 heteroatoms. The van der Waals surface area contributed by atoms with Crippen LogP contribution in [0.15, 0.2) is 70.3 Å². The Labute approximate surface area is 192 Å². The number of aromatic nitrogens is 2. The zero-order valence-electron chi connectivity index (χ0n) is 18.8. The molecule has 33 heavy (non-hydrogen) atoms. The van der Waals surface area contributed by atoms with Crippen molar-refractivity contribution in [3.05, 3.63) is 98.3 Å². The number of nitrogens with one attached hydrogen (secondary N) is 2. The second kappa shape index (κ2) is 10.3. The molecule has 0 unspecified atom stereocenters. The van der Waals surface area contributed by atoms with Crippen LogP contribution in [-0.4, -0.2) is 21.5 Å². The van der Waals surface area contributed by atoms with Crippen molar-refractivity contribution in [2.75, 3.05) is 0 Å². The molecule has 1 saturated carbocycles. The average molecular weight is 448 g/mol. The fourth-order valence-corrected chi connectivity index (χ4v) is 4.42. The number of benzene rings is 2. The van der Waals surface area contributed by atoms with E-state index in [-0.39, 0.29) is 30.6 Å². The molecule has 1 fully saturated rings. The molecule has 1 aromatic heterocycles. The summed E-state index contributed by atoms with van der Waals surface area (Å²) in [6.07, 6.45) is 3.62. The Hall–Kier alpha value is -3.61. The van der Waals surface area contributed by atoms with Crippen LogP contribution in [0.25, 0.3) is 0 Å². The quantitative estimate of drug-likeness (QED) is 0.579. The fourth-order valence-electron chi connectivity index (χ4n) is 4.42. The van der Waals surface area contributed by atoms with Gasteiger partial charge in [-0.3, -0.25) is 19.1 Å². The van der Waals surface area contributed by atoms with Crippen LogP contribution in [0, 0.1) is 0 Å². The minimum atomic E-state index is -0.618. The standard InChI is InChI=1S/C26H29N3O4/c1-2-29-25(31)23(33-17-18-9-5-3-6-10-18)22(28-26(29)32)24(30)27-21-15-13-20(14-16-21)19-11-7-4-8-12-19/h3-12,20-21H,2,13-17H2,1H3,(H,27,30)(H,28,32). The maximum atomic E-state index is 13.1. The number of amides is 1. The molecule has 3 aromatic rings. The zero-order valence-corrected chi connectivity index (χ0v) is 18.8. The smallest absolute Gasteiger partial charge is 0.329 e. The van der Waals surface area contributed by atoms with Gasteiger partial charge in [0.25, 0.3) is 11.5 Å². The number of nitrogens with zero attached hydrogens (tertiary/aromatic N) is 1. The van der Waals surface area contributed by atoms with Crippen LogP contribution >= 0.6 is 0 Å². The summed E-state index contributed by atoms with van der Waals surface area (Å²) in [5.74, 6) is -0.133. The molecule has 4 rings (SSSR count). The molecule has 2 aromatic carbocycles. The van der Waals surface area contributed by atoms with Crippen molar-refractivity contribution in [2.24, 2.45) is 0 Å². The lowest BCUT2D eigenvalue weighted by molar-refractivity contribution is 0.0914. The van der Waals surface area contributed by atoms with E-state index in [1.807, 2.05) is 36.4 Å². The van der Waals surface area contributed by atoms with Crippen molar-refractivity contribution < 1.29 is 9.53 Å². The fraction of sp³-hybridized carbons (Fsp3) is 0.346. The lowest BCUT2D eigenvalue weighted by atomic mass is 9.82. The molecular formula is C26H29N3O4. The van der Waals surface area contributed by atoms with Crippen LogP contribution in [0.2, 0.25) is 0 Å². The van der Waals surface area contributed by atoms with Crippen molar-refractivity contribution in [3.8, 4) is 5.75 Å². The highest BCUT2D eigenvalue weighted by Gasteiger charge is 2.26. The SMILES string of the molecule is CCn1c(=O)[nH]c(C(=O)NC2CCC(c3ccccc3)CC2)c(OCc2ccccc2)c1=O. The number of hydrogen-bond acceptors (Lipinski definition) is 4. The third kappa shape index (κ3) is 5.25. The lowest BCUT2D eigenvalue weighted by Gasteiger charge is -2.29. The Kier molecular flexibility index (Phi) is 7.07. The molecule has 1 amide bonds. The summed E-state index contributed by atoms with van der Waals surface area (Å²) >= 11 is 0. The third-order valence-corrected chi connectivity index (χ3v) is 6.25. The Bertz CT molecular complexity index is 1190. The van der Waals surface area contributed by atoms with E-state index in [2.05, 4.69) is 34.6 Å². The Morgan fingerprint density at radius 2 is 1.64 bits per heavy atom. The molecule has 7 nitrogen and oxygen atoms in total. The van der Waals surface area contributed by atoms with E-state index in [1.165, 1.54) is 5.56 Å². The largest absolute Gasteiger partial charge is 0.481 e. The maximum Gasteiger partial charge on any atom is 0.329 e. The highest BCUT2D eigenvalue weighted by Crippen LogP contribution is 2.32. The number of hydrogen-bond donors (Lipinski definition) is 2. The lowest BCUT2D eigenvalue weighted by Crippen LogP contribution is -2.42. The van der Waals surface area contributed by atoms with Gasteiger partial charge in [0.2, 0.25) is 5.75 Å². The highest BCUT2D eigenvalue weighted by atomic mass is 16.5. The van der Waals surface area contributed by atoms with Crippen molar-refractivity contribution >= 4 is 5.91 Å². The Morgan fingerprint density at radius 3 is 2.27 bits per heavy atom. The molecule has 1 aliphatic carbocycles. The van der Waals surface area contributed by atoms with E-state index in [1.54, 1.807) is 6.92 Å². The summed E-state index contributed by atoms with van der Waals surface area (Å²) in [6, 6.07) is 19.8. The van der Waals surface area contributed by atoms with Gasteiger partial charge in [0, 0.05) is 12.6 Å². The van der Waals surface area contributed by atoms with Gasteiger partial charge in [-0.1, -0.05) is 60.7 Å². The molecule has 0 saturated heterocycles. The van der Waals surface area contributed by atoms with Gasteiger partial charge < -0.3 is 10.1 Å². The van der Waals surface area contributed by atoms with Gasteiger partial charge in [-0.15, -0.1) is 0 Å². The van der Waals surface area contributed by atoms with Crippen molar-refractivity contribution in [2.45, 2.75) is 57.7 Å². The van der Waals surface area contributed by atoms with Crippen LogP contribution in [0.4, 0.5) is 0 Å². The molecule has 1 heterocycles. The molecule has 0 bridgehead atoms. The second-order valence-corrected chi connectivity index (χ2v) is 8.39. The molecule has 0 spiro atoms. The molecule has 2 N–H and O–H groups in total. The van der Waals surface area contributed by atoms with Gasteiger partial charge >= 0.3 is 5.69 Å². The number of aromatic amines is 1. The molecule has 172 valence electrons. The van der Waals surface area contributed by atoms with Crippen LogP contribution in [0.1, 0.15) is 60.1 Å². The number of carbonyl (C=O) groups excluding carboxylic acids is 1. The van der Waals surface area contributed by atoms with Gasteiger partial charge in [-0.25, -0.2) is 4.79 Å². The number of ether oxygens (including phenoxy) is 1. The minimum absolute atomic E-state index is 0.0171. The summed E-state index contributed by atoms with van der Waals surface area (Å²) in [6.45, 7) is 2.00. The molecular weight excluding hydrogens is 418 g/mol. The summed E-state index contributed by atoms with van der Waals surface area (Å²) < 4.78 is 6.80. The van der Waals surface area contributed by atoms with E-state index in [0.29, 0.717) is 5.92 Å². The van der Waals surface area contributed by atoms with E-state index < -0.39 is 17.2 Å². The van der Waals surface area contributed by atoms with Crippen molar-refractivity contribution in [1.29, 1.82) is 0 Å². The van der Waals surface area contributed by atoms with Crippen molar-refractivity contribution in [1.82, 2.24) is 14.9 Å². The molecule has 0 radical (unpaired) electrons. The second-order valence-electron chi connectivity index (χ2n) is 8.39. The Balaban J connectivity index is 1.49. The first-order chi connectivity index (χ1) is 16.1. The molecule has 1 aliphatic rings. The summed E-state index contributed by atoms with van der Waals surface area (Å²) in [7, 11) is 0. The van der Waals surface area contributed by atoms with Crippen LogP contribution in [0.5, 0.6) is 5.75 Å². The average Bonchev–Trinajstić information content (AvgIpc) is 2.85. The highest BCUT2D eigenvalue weighted by molar-refractivity contribution is 5.94. The van der Waals surface area contributed by atoms with E-state index in [0.717, 1.165) is 35.8 Å². The number of rotatable bonds is 7. The Morgan fingerprint density at radius 1 is 1.00 bits per heavy atom. The van der Waals surface area contributed by atoms with Gasteiger partial charge in [0.1, 0.15) is 6.61 Å². The van der Waals surface area contributed by atoms with Crippen LogP contribution in [-0.2, 0) is 13.2 Å². The summed E-state index contributed by atoms with van der Waals surface area (Å²) in [4.78, 5) is 40.9. The first-order valence-electron chi connectivity index (χ1n) is 11.5. The van der Waals surface area contributed by atoms with E-state index >= 15 is 0 Å². The minimum Gasteiger partial charge on any atom is -0.481 e. The van der Waals surface area contributed by atoms with E-state index in [4.69, 9.17) is 4.74 Å². The zero-order chi connectivity index (χ0) is 23.2. The van der Waals surface area contributed by atoms with Gasteiger partial charge in [-0.2, -0.15) is 0 Å². The normalized spacial score (nSPS) is 18.0. The first-order valence-corrected chi connectivity index (χ1v) is 11.5. The number of carbonyl (C=O) groups is 1. The van der Waals surface area contributed by atoms with E-state index in [9.17, 15) is 14.4 Å². The predicted molar refractivity (Wildman–Crippen MR) is 127 cm³/mol. The van der Waals surface area contributed by atoms with Gasteiger partial charge in [0.05, 0.1) is 0 Å².